The second kappa shape index (κ2) is 9.38. The van der Waals surface area contributed by atoms with Crippen LogP contribution in [0.15, 0.2) is 60.7 Å². The Labute approximate surface area is 183 Å². The number of hydrogen-bond acceptors (Lipinski definition) is 2. The molecule has 0 N–H and O–H groups in total. The number of likely N-dealkylation sites (tertiary alicyclic amines) is 1. The highest BCUT2D eigenvalue weighted by atomic mass is 19.1. The molecule has 1 aromatic heterocycles. The molecule has 0 saturated carbocycles. The molecule has 162 valence electrons. The standard InChI is InChI=1S/C26H29FN2O2/c1-19-16-25(20(2)29(19)18-21-8-10-23(27)11-9-21)26(30)28-14-12-22(17-28)13-15-31-24-6-4-3-5-7-24/h3-11,16,22H,12-15,17-18H2,1-2H3. The molecular formula is C26H29FN2O2. The zero-order chi connectivity index (χ0) is 21.8. The normalized spacial score (nSPS) is 16.0. The van der Waals surface area contributed by atoms with Crippen molar-refractivity contribution in [3.05, 3.63) is 89.0 Å². The van der Waals surface area contributed by atoms with E-state index in [1.807, 2.05) is 55.1 Å². The van der Waals surface area contributed by atoms with Crippen molar-refractivity contribution in [1.82, 2.24) is 9.47 Å². The van der Waals surface area contributed by atoms with E-state index in [1.54, 1.807) is 12.1 Å². The number of halogens is 1. The van der Waals surface area contributed by atoms with Crippen molar-refractivity contribution in [1.29, 1.82) is 0 Å². The van der Waals surface area contributed by atoms with Gasteiger partial charge in [-0.05, 0) is 68.5 Å². The monoisotopic (exact) mass is 420 g/mol. The summed E-state index contributed by atoms with van der Waals surface area (Å²) in [6.45, 7) is 6.87. The van der Waals surface area contributed by atoms with E-state index < -0.39 is 0 Å². The van der Waals surface area contributed by atoms with E-state index in [4.69, 9.17) is 4.74 Å². The van der Waals surface area contributed by atoms with Gasteiger partial charge in [-0.15, -0.1) is 0 Å². The van der Waals surface area contributed by atoms with Gasteiger partial charge in [0.15, 0.2) is 0 Å². The summed E-state index contributed by atoms with van der Waals surface area (Å²) in [5.41, 5.74) is 3.78. The lowest BCUT2D eigenvalue weighted by Crippen LogP contribution is -2.29. The summed E-state index contributed by atoms with van der Waals surface area (Å²) in [4.78, 5) is 15.2. The highest BCUT2D eigenvalue weighted by Gasteiger charge is 2.29. The summed E-state index contributed by atoms with van der Waals surface area (Å²) in [6, 6.07) is 18.4. The maximum Gasteiger partial charge on any atom is 0.255 e. The molecule has 1 amide bonds. The van der Waals surface area contributed by atoms with E-state index in [0.29, 0.717) is 19.1 Å². The van der Waals surface area contributed by atoms with Gasteiger partial charge in [-0.25, -0.2) is 4.39 Å². The van der Waals surface area contributed by atoms with Gasteiger partial charge >= 0.3 is 0 Å². The highest BCUT2D eigenvalue weighted by Crippen LogP contribution is 2.25. The van der Waals surface area contributed by atoms with E-state index in [0.717, 1.165) is 54.2 Å². The lowest BCUT2D eigenvalue weighted by molar-refractivity contribution is 0.0784. The molecule has 4 rings (SSSR count). The first-order valence-corrected chi connectivity index (χ1v) is 10.9. The zero-order valence-electron chi connectivity index (χ0n) is 18.2. The second-order valence-electron chi connectivity index (χ2n) is 8.35. The molecule has 2 aromatic carbocycles. The van der Waals surface area contributed by atoms with E-state index >= 15 is 0 Å². The fourth-order valence-electron chi connectivity index (χ4n) is 4.32. The smallest absolute Gasteiger partial charge is 0.255 e. The SMILES string of the molecule is Cc1cc(C(=O)N2CCC(CCOc3ccccc3)C2)c(C)n1Cc1ccc(F)cc1. The third kappa shape index (κ3) is 4.98. The predicted molar refractivity (Wildman–Crippen MR) is 120 cm³/mol. The predicted octanol–water partition coefficient (Wildman–Crippen LogP) is 5.22. The van der Waals surface area contributed by atoms with Crippen molar-refractivity contribution in [2.75, 3.05) is 19.7 Å². The second-order valence-corrected chi connectivity index (χ2v) is 8.35. The number of aryl methyl sites for hydroxylation is 1. The Bertz CT molecular complexity index is 1030. The van der Waals surface area contributed by atoms with Crippen LogP contribution in [-0.4, -0.2) is 35.1 Å². The van der Waals surface area contributed by atoms with Gasteiger partial charge < -0.3 is 14.2 Å². The fourth-order valence-corrected chi connectivity index (χ4v) is 4.32. The van der Waals surface area contributed by atoms with E-state index in [-0.39, 0.29) is 11.7 Å². The molecule has 1 atom stereocenters. The Balaban J connectivity index is 1.35. The molecule has 0 aliphatic carbocycles. The largest absolute Gasteiger partial charge is 0.494 e. The quantitative estimate of drug-likeness (QED) is 0.525. The molecule has 1 aliphatic heterocycles. The molecule has 0 radical (unpaired) electrons. The fraction of sp³-hybridized carbons (Fsp3) is 0.346. The van der Waals surface area contributed by atoms with Gasteiger partial charge in [-0.1, -0.05) is 30.3 Å². The van der Waals surface area contributed by atoms with E-state index in [1.165, 1.54) is 12.1 Å². The molecular weight excluding hydrogens is 391 g/mol. The Kier molecular flexibility index (Phi) is 6.40. The molecule has 5 heteroatoms. The minimum absolute atomic E-state index is 0.102. The maximum atomic E-state index is 13.2. The molecule has 1 saturated heterocycles. The van der Waals surface area contributed by atoms with Crippen molar-refractivity contribution >= 4 is 5.91 Å². The van der Waals surface area contributed by atoms with Crippen molar-refractivity contribution in [2.24, 2.45) is 5.92 Å². The van der Waals surface area contributed by atoms with Crippen LogP contribution < -0.4 is 4.74 Å². The minimum atomic E-state index is -0.238. The number of nitrogens with zero attached hydrogens (tertiary/aromatic N) is 2. The number of aromatic nitrogens is 1. The number of benzene rings is 2. The highest BCUT2D eigenvalue weighted by molar-refractivity contribution is 5.96. The minimum Gasteiger partial charge on any atom is -0.494 e. The first-order valence-electron chi connectivity index (χ1n) is 10.9. The lowest BCUT2D eigenvalue weighted by atomic mass is 10.1. The van der Waals surface area contributed by atoms with Crippen LogP contribution in [0.5, 0.6) is 5.75 Å². The number of carbonyl (C=O) groups is 1. The Morgan fingerprint density at radius 1 is 1.10 bits per heavy atom. The summed E-state index contributed by atoms with van der Waals surface area (Å²) in [7, 11) is 0. The lowest BCUT2D eigenvalue weighted by Gasteiger charge is -2.17. The third-order valence-electron chi connectivity index (χ3n) is 6.17. The summed E-state index contributed by atoms with van der Waals surface area (Å²) in [5, 5.41) is 0. The van der Waals surface area contributed by atoms with E-state index in [2.05, 4.69) is 4.57 Å². The van der Waals surface area contributed by atoms with Crippen molar-refractivity contribution in [3.8, 4) is 5.75 Å². The van der Waals surface area contributed by atoms with E-state index in [9.17, 15) is 9.18 Å². The number of ether oxygens (including phenoxy) is 1. The van der Waals surface area contributed by atoms with Crippen LogP contribution in [0.1, 0.15) is 40.2 Å². The Morgan fingerprint density at radius 2 is 1.84 bits per heavy atom. The average Bonchev–Trinajstić information content (AvgIpc) is 3.36. The number of amides is 1. The van der Waals surface area contributed by atoms with Gasteiger partial charge in [0.25, 0.3) is 5.91 Å². The Hall–Kier alpha value is -3.08. The van der Waals surface area contributed by atoms with Crippen LogP contribution in [0.25, 0.3) is 0 Å². The molecule has 1 unspecified atom stereocenters. The maximum absolute atomic E-state index is 13.2. The van der Waals surface area contributed by atoms with Crippen molar-refractivity contribution < 1.29 is 13.9 Å². The van der Waals surface area contributed by atoms with Gasteiger partial charge in [0.05, 0.1) is 12.2 Å². The van der Waals surface area contributed by atoms with Crippen LogP contribution in [0.3, 0.4) is 0 Å². The molecule has 2 heterocycles. The zero-order valence-corrected chi connectivity index (χ0v) is 18.2. The molecule has 1 aliphatic rings. The third-order valence-corrected chi connectivity index (χ3v) is 6.17. The summed E-state index contributed by atoms with van der Waals surface area (Å²) in [6.07, 6.45) is 1.96. The van der Waals surface area contributed by atoms with Crippen LogP contribution in [0.2, 0.25) is 0 Å². The van der Waals surface area contributed by atoms with Crippen LogP contribution in [0, 0.1) is 25.6 Å². The molecule has 4 nitrogen and oxygen atoms in total. The van der Waals surface area contributed by atoms with Crippen LogP contribution >= 0.6 is 0 Å². The van der Waals surface area contributed by atoms with Gasteiger partial charge in [0, 0.05) is 31.0 Å². The number of para-hydroxylation sites is 1. The van der Waals surface area contributed by atoms with Crippen LogP contribution in [0.4, 0.5) is 4.39 Å². The number of rotatable bonds is 7. The average molecular weight is 421 g/mol. The number of hydrogen-bond donors (Lipinski definition) is 0. The molecule has 31 heavy (non-hydrogen) atoms. The van der Waals surface area contributed by atoms with Crippen molar-refractivity contribution in [2.45, 2.75) is 33.2 Å². The first kappa shape index (κ1) is 21.2. The van der Waals surface area contributed by atoms with Gasteiger partial charge in [-0.3, -0.25) is 4.79 Å². The first-order chi connectivity index (χ1) is 15.0. The van der Waals surface area contributed by atoms with Gasteiger partial charge in [-0.2, -0.15) is 0 Å². The summed E-state index contributed by atoms with van der Waals surface area (Å²) >= 11 is 0. The summed E-state index contributed by atoms with van der Waals surface area (Å²) < 4.78 is 21.1. The van der Waals surface area contributed by atoms with Crippen molar-refractivity contribution in [3.63, 3.8) is 0 Å². The Morgan fingerprint density at radius 3 is 2.58 bits per heavy atom. The van der Waals surface area contributed by atoms with Crippen LogP contribution in [-0.2, 0) is 6.54 Å². The summed E-state index contributed by atoms with van der Waals surface area (Å²) in [5.74, 6) is 1.22. The molecule has 0 spiro atoms. The molecule has 1 fully saturated rings. The number of carbonyl (C=O) groups excluding carboxylic acids is 1. The molecule has 0 bridgehead atoms. The molecule has 3 aromatic rings. The van der Waals surface area contributed by atoms with Gasteiger partial charge in [0.1, 0.15) is 11.6 Å². The van der Waals surface area contributed by atoms with Gasteiger partial charge in [0.2, 0.25) is 0 Å². The topological polar surface area (TPSA) is 34.5 Å².